The second-order valence-electron chi connectivity index (χ2n) is 5.76. The van der Waals surface area contributed by atoms with E-state index in [9.17, 15) is 4.79 Å². The molecule has 1 saturated heterocycles. The molecule has 122 valence electrons. The van der Waals surface area contributed by atoms with Gasteiger partial charge in [0, 0.05) is 32.3 Å². The van der Waals surface area contributed by atoms with Gasteiger partial charge in [-0.3, -0.25) is 4.79 Å². The molecule has 22 heavy (non-hydrogen) atoms. The predicted octanol–water partition coefficient (Wildman–Crippen LogP) is 0.667. The third-order valence-electron chi connectivity index (χ3n) is 3.45. The van der Waals surface area contributed by atoms with Crippen LogP contribution in [0.2, 0.25) is 0 Å². The van der Waals surface area contributed by atoms with Crippen molar-refractivity contribution in [2.75, 3.05) is 45.7 Å². The molecular weight excluding hydrogens is 282 g/mol. The molecule has 0 saturated carbocycles. The van der Waals surface area contributed by atoms with E-state index >= 15 is 0 Å². The molecule has 1 aromatic rings. The molecule has 1 fully saturated rings. The number of ether oxygens (including phenoxy) is 1. The van der Waals surface area contributed by atoms with Crippen molar-refractivity contribution in [1.29, 1.82) is 0 Å². The van der Waals surface area contributed by atoms with E-state index < -0.39 is 0 Å². The minimum atomic E-state index is -0.174. The van der Waals surface area contributed by atoms with Crippen LogP contribution < -0.4 is 10.6 Å². The van der Waals surface area contributed by atoms with Crippen molar-refractivity contribution < 1.29 is 9.53 Å². The Balaban J connectivity index is 1.91. The van der Waals surface area contributed by atoms with Gasteiger partial charge in [-0.05, 0) is 33.9 Å². The van der Waals surface area contributed by atoms with Gasteiger partial charge in [0.05, 0.1) is 6.10 Å². The van der Waals surface area contributed by atoms with E-state index in [0.717, 1.165) is 26.0 Å². The highest BCUT2D eigenvalue weighted by atomic mass is 16.5. The Morgan fingerprint density at radius 3 is 2.95 bits per heavy atom. The lowest BCUT2D eigenvalue weighted by atomic mass is 10.2. The van der Waals surface area contributed by atoms with E-state index in [-0.39, 0.29) is 12.0 Å². The van der Waals surface area contributed by atoms with Gasteiger partial charge in [-0.1, -0.05) is 0 Å². The molecule has 0 radical (unpaired) electrons. The Hall–Kier alpha value is -1.73. The molecule has 0 aliphatic carbocycles. The molecule has 1 aromatic heterocycles. The SMILES string of the molecule is Cc1nc(NCC2CCCO2)cc(C(=O)NCCN(C)C)n1. The largest absolute Gasteiger partial charge is 0.376 e. The summed E-state index contributed by atoms with van der Waals surface area (Å²) in [5.41, 5.74) is 0.390. The zero-order chi connectivity index (χ0) is 15.9. The van der Waals surface area contributed by atoms with Gasteiger partial charge < -0.3 is 20.3 Å². The second-order valence-corrected chi connectivity index (χ2v) is 5.76. The maximum atomic E-state index is 12.1. The first-order valence-corrected chi connectivity index (χ1v) is 7.68. The topological polar surface area (TPSA) is 79.4 Å². The lowest BCUT2D eigenvalue weighted by molar-refractivity contribution is 0.0945. The maximum absolute atomic E-state index is 12.1. The smallest absolute Gasteiger partial charge is 0.270 e. The Kier molecular flexibility index (Phi) is 6.09. The Bertz CT molecular complexity index is 501. The third kappa shape index (κ3) is 5.23. The van der Waals surface area contributed by atoms with Crippen LogP contribution >= 0.6 is 0 Å². The summed E-state index contributed by atoms with van der Waals surface area (Å²) in [6.45, 7) is 4.70. The highest BCUT2D eigenvalue weighted by Gasteiger charge is 2.16. The van der Waals surface area contributed by atoms with Gasteiger partial charge in [-0.25, -0.2) is 9.97 Å². The predicted molar refractivity (Wildman–Crippen MR) is 85.1 cm³/mol. The number of aromatic nitrogens is 2. The van der Waals surface area contributed by atoms with Gasteiger partial charge in [-0.15, -0.1) is 0 Å². The number of amides is 1. The molecule has 1 atom stereocenters. The molecule has 7 heteroatoms. The van der Waals surface area contributed by atoms with E-state index in [1.807, 2.05) is 19.0 Å². The number of nitrogens with one attached hydrogen (secondary N) is 2. The van der Waals surface area contributed by atoms with E-state index in [0.29, 0.717) is 30.4 Å². The van der Waals surface area contributed by atoms with Crippen molar-refractivity contribution in [3.63, 3.8) is 0 Å². The summed E-state index contributed by atoms with van der Waals surface area (Å²) in [5, 5.41) is 6.09. The summed E-state index contributed by atoms with van der Waals surface area (Å²) in [4.78, 5) is 22.7. The van der Waals surface area contributed by atoms with Gasteiger partial charge in [0.1, 0.15) is 17.3 Å². The number of hydrogen-bond donors (Lipinski definition) is 2. The van der Waals surface area contributed by atoms with Crippen molar-refractivity contribution in [3.05, 3.63) is 17.6 Å². The summed E-state index contributed by atoms with van der Waals surface area (Å²) in [6.07, 6.45) is 2.40. The van der Waals surface area contributed by atoms with Gasteiger partial charge in [0.25, 0.3) is 5.91 Å². The van der Waals surface area contributed by atoms with Crippen LogP contribution in [0.3, 0.4) is 0 Å². The van der Waals surface area contributed by atoms with Gasteiger partial charge in [0.15, 0.2) is 0 Å². The van der Waals surface area contributed by atoms with Crippen LogP contribution in [0.4, 0.5) is 5.82 Å². The van der Waals surface area contributed by atoms with E-state index in [2.05, 4.69) is 20.6 Å². The summed E-state index contributed by atoms with van der Waals surface area (Å²) >= 11 is 0. The molecule has 1 aliphatic heterocycles. The quantitative estimate of drug-likeness (QED) is 0.771. The van der Waals surface area contributed by atoms with Crippen molar-refractivity contribution in [1.82, 2.24) is 20.2 Å². The zero-order valence-electron chi connectivity index (χ0n) is 13.6. The van der Waals surface area contributed by atoms with Crippen molar-refractivity contribution in [2.45, 2.75) is 25.9 Å². The first-order valence-electron chi connectivity index (χ1n) is 7.68. The number of nitrogens with zero attached hydrogens (tertiary/aromatic N) is 3. The van der Waals surface area contributed by atoms with Crippen LogP contribution in [0.15, 0.2) is 6.07 Å². The van der Waals surface area contributed by atoms with Crippen molar-refractivity contribution in [2.24, 2.45) is 0 Å². The molecule has 1 aliphatic rings. The first-order chi connectivity index (χ1) is 10.5. The Morgan fingerprint density at radius 1 is 1.45 bits per heavy atom. The fourth-order valence-corrected chi connectivity index (χ4v) is 2.28. The van der Waals surface area contributed by atoms with Gasteiger partial charge in [0.2, 0.25) is 0 Å². The number of aryl methyl sites for hydroxylation is 1. The number of likely N-dealkylation sites (N-methyl/N-ethyl adjacent to an activating group) is 1. The molecule has 0 aromatic carbocycles. The monoisotopic (exact) mass is 307 g/mol. The number of carbonyl (C=O) groups is 1. The standard InChI is InChI=1S/C15H25N5O2/c1-11-18-13(15(21)16-6-7-20(2)3)9-14(19-11)17-10-12-5-4-8-22-12/h9,12H,4-8,10H2,1-3H3,(H,16,21)(H,17,18,19). The first kappa shape index (κ1) is 16.6. The summed E-state index contributed by atoms with van der Waals surface area (Å²) in [6, 6.07) is 1.69. The maximum Gasteiger partial charge on any atom is 0.270 e. The van der Waals surface area contributed by atoms with Crippen molar-refractivity contribution in [3.8, 4) is 0 Å². The molecule has 0 bridgehead atoms. The molecule has 2 heterocycles. The number of anilines is 1. The molecule has 0 spiro atoms. The minimum absolute atomic E-state index is 0.174. The average Bonchev–Trinajstić information content (AvgIpc) is 2.97. The van der Waals surface area contributed by atoms with Crippen LogP contribution in [0, 0.1) is 6.92 Å². The highest BCUT2D eigenvalue weighted by Crippen LogP contribution is 2.13. The highest BCUT2D eigenvalue weighted by molar-refractivity contribution is 5.92. The van der Waals surface area contributed by atoms with Gasteiger partial charge >= 0.3 is 0 Å². The number of hydrogen-bond acceptors (Lipinski definition) is 6. The fourth-order valence-electron chi connectivity index (χ4n) is 2.28. The van der Waals surface area contributed by atoms with Crippen molar-refractivity contribution >= 4 is 11.7 Å². The zero-order valence-corrected chi connectivity index (χ0v) is 13.6. The average molecular weight is 307 g/mol. The normalized spacial score (nSPS) is 17.7. The third-order valence-corrected chi connectivity index (χ3v) is 3.45. The van der Waals surface area contributed by atoms with Crippen LogP contribution in [0.25, 0.3) is 0 Å². The lowest BCUT2D eigenvalue weighted by Gasteiger charge is -2.13. The molecular formula is C15H25N5O2. The van der Waals surface area contributed by atoms with Gasteiger partial charge in [-0.2, -0.15) is 0 Å². The van der Waals surface area contributed by atoms with Crippen LogP contribution in [0.1, 0.15) is 29.2 Å². The van der Waals surface area contributed by atoms with E-state index in [4.69, 9.17) is 4.74 Å². The molecule has 7 nitrogen and oxygen atoms in total. The fraction of sp³-hybridized carbons (Fsp3) is 0.667. The minimum Gasteiger partial charge on any atom is -0.376 e. The molecule has 1 amide bonds. The Labute approximate surface area is 131 Å². The van der Waals surface area contributed by atoms with Crippen LogP contribution in [0.5, 0.6) is 0 Å². The summed E-state index contributed by atoms with van der Waals surface area (Å²) in [5.74, 6) is 1.07. The van der Waals surface area contributed by atoms with E-state index in [1.165, 1.54) is 0 Å². The molecule has 2 rings (SSSR count). The number of carbonyl (C=O) groups excluding carboxylic acids is 1. The summed E-state index contributed by atoms with van der Waals surface area (Å²) < 4.78 is 5.57. The lowest BCUT2D eigenvalue weighted by Crippen LogP contribution is -2.32. The number of rotatable bonds is 7. The van der Waals surface area contributed by atoms with E-state index in [1.54, 1.807) is 13.0 Å². The van der Waals surface area contributed by atoms with Crippen LogP contribution in [-0.2, 0) is 4.74 Å². The molecule has 2 N–H and O–H groups in total. The summed E-state index contributed by atoms with van der Waals surface area (Å²) in [7, 11) is 3.93. The second kappa shape index (κ2) is 8.05. The Morgan fingerprint density at radius 2 is 2.27 bits per heavy atom. The molecule has 1 unspecified atom stereocenters. The van der Waals surface area contributed by atoms with Crippen LogP contribution in [-0.4, -0.2) is 67.2 Å².